The Morgan fingerprint density at radius 1 is 0.952 bits per heavy atom. The Labute approximate surface area is 137 Å². The molecule has 0 aromatic heterocycles. The summed E-state index contributed by atoms with van der Waals surface area (Å²) in [5, 5.41) is 14.8. The summed E-state index contributed by atoms with van der Waals surface area (Å²) in [6.45, 7) is 0. The largest absolute Gasteiger partial charge is 2.00 e. The van der Waals surface area contributed by atoms with Crippen molar-refractivity contribution < 1.29 is 40.9 Å². The molecule has 21 heavy (non-hydrogen) atoms. The van der Waals surface area contributed by atoms with Crippen molar-refractivity contribution in [3.8, 4) is 0 Å². The van der Waals surface area contributed by atoms with Gasteiger partial charge in [0.25, 0.3) is 0 Å². The minimum atomic E-state index is -1.82. The van der Waals surface area contributed by atoms with Gasteiger partial charge in [-0.25, -0.2) is 9.59 Å². The van der Waals surface area contributed by atoms with Crippen LogP contribution >= 0.6 is 0 Å². The van der Waals surface area contributed by atoms with Crippen LogP contribution in [0.3, 0.4) is 0 Å². The molecule has 1 aromatic carbocycles. The first kappa shape index (κ1) is 19.8. The van der Waals surface area contributed by atoms with Gasteiger partial charge in [0, 0.05) is 0 Å². The van der Waals surface area contributed by atoms with E-state index in [9.17, 15) is 0 Å². The van der Waals surface area contributed by atoms with E-state index in [1.807, 2.05) is 6.07 Å². The van der Waals surface area contributed by atoms with Gasteiger partial charge in [0.2, 0.25) is 0 Å². The van der Waals surface area contributed by atoms with Gasteiger partial charge in [-0.3, -0.25) is 0 Å². The number of carboxylic acid groups (broad SMARTS) is 2. The van der Waals surface area contributed by atoms with Gasteiger partial charge in [0.1, 0.15) is 0 Å². The molecular formula is C14H18N2O4Pt. The molecule has 1 fully saturated rings. The Balaban J connectivity index is 0.000000495. The van der Waals surface area contributed by atoms with Gasteiger partial charge in [-0.1, -0.05) is 43.2 Å². The van der Waals surface area contributed by atoms with Crippen LogP contribution in [-0.4, -0.2) is 34.2 Å². The number of rotatable bonds is 1. The summed E-state index contributed by atoms with van der Waals surface area (Å²) in [6, 6.07) is 10.1. The zero-order valence-corrected chi connectivity index (χ0v) is 13.5. The van der Waals surface area contributed by atoms with E-state index in [-0.39, 0.29) is 33.1 Å². The molecule has 4 N–H and O–H groups in total. The molecular weight excluding hydrogens is 455 g/mol. The molecule has 0 aliphatic heterocycles. The fourth-order valence-electron chi connectivity index (χ4n) is 2.20. The average molecular weight is 473 g/mol. The standard InChI is InChI=1S/C12H16N2.C2H2O4.Pt/c13-11-7-6-10(8-12(11)14)9-4-2-1-3-5-9;3-1(4)2(5)6;/h1-5,10-14H,6-8H2;(H,3,4)(H,5,6);/q-2;;+2. The molecule has 7 heteroatoms. The Bertz CT molecular complexity index is 444. The molecule has 1 aliphatic carbocycles. The van der Waals surface area contributed by atoms with Crippen molar-refractivity contribution in [3.63, 3.8) is 0 Å². The Kier molecular flexibility index (Phi) is 9.09. The third-order valence-electron chi connectivity index (χ3n) is 3.30. The molecule has 6 nitrogen and oxygen atoms in total. The minimum Gasteiger partial charge on any atom is -0.676 e. The van der Waals surface area contributed by atoms with Crippen LogP contribution in [0.15, 0.2) is 30.3 Å². The summed E-state index contributed by atoms with van der Waals surface area (Å²) < 4.78 is 0. The van der Waals surface area contributed by atoms with Crippen molar-refractivity contribution >= 4 is 11.9 Å². The maximum atomic E-state index is 9.10. The first-order chi connectivity index (χ1) is 9.41. The molecule has 3 unspecified atom stereocenters. The fraction of sp³-hybridized carbons (Fsp3) is 0.429. The molecule has 0 heterocycles. The number of benzene rings is 1. The van der Waals surface area contributed by atoms with Gasteiger partial charge in [-0.2, -0.15) is 12.1 Å². The zero-order chi connectivity index (χ0) is 15.1. The summed E-state index contributed by atoms with van der Waals surface area (Å²) in [5.41, 5.74) is 16.8. The van der Waals surface area contributed by atoms with E-state index in [0.29, 0.717) is 5.92 Å². The first-order valence-electron chi connectivity index (χ1n) is 6.35. The van der Waals surface area contributed by atoms with Crippen LogP contribution in [-0.2, 0) is 30.7 Å². The van der Waals surface area contributed by atoms with Crippen LogP contribution in [0.4, 0.5) is 0 Å². The van der Waals surface area contributed by atoms with Crippen molar-refractivity contribution in [3.05, 3.63) is 47.4 Å². The normalized spacial score (nSPS) is 24.0. The molecule has 0 bridgehead atoms. The van der Waals surface area contributed by atoms with E-state index in [1.54, 1.807) is 0 Å². The van der Waals surface area contributed by atoms with Crippen LogP contribution in [0, 0.1) is 0 Å². The minimum absolute atomic E-state index is 0. The Morgan fingerprint density at radius 3 is 1.90 bits per heavy atom. The van der Waals surface area contributed by atoms with E-state index in [2.05, 4.69) is 24.3 Å². The number of aliphatic carboxylic acids is 2. The van der Waals surface area contributed by atoms with Crippen LogP contribution in [0.2, 0.25) is 0 Å². The SMILES string of the molecule is O=C(O)C(=O)O.[NH-]C1CCC(c2ccccc2)CC1[NH-].[Pt+2]. The molecule has 0 spiro atoms. The third-order valence-corrected chi connectivity index (χ3v) is 3.30. The van der Waals surface area contributed by atoms with Crippen LogP contribution in [0.25, 0.3) is 11.5 Å². The fourth-order valence-corrected chi connectivity index (χ4v) is 2.20. The van der Waals surface area contributed by atoms with Crippen molar-refractivity contribution in [2.75, 3.05) is 0 Å². The Morgan fingerprint density at radius 2 is 1.48 bits per heavy atom. The van der Waals surface area contributed by atoms with Crippen LogP contribution in [0.1, 0.15) is 30.7 Å². The summed E-state index contributed by atoms with van der Waals surface area (Å²) in [5.74, 6) is -3.13. The van der Waals surface area contributed by atoms with Gasteiger partial charge >= 0.3 is 33.0 Å². The van der Waals surface area contributed by atoms with Gasteiger partial charge < -0.3 is 21.7 Å². The molecule has 118 valence electrons. The van der Waals surface area contributed by atoms with Gasteiger partial charge in [-0.15, -0.1) is 0 Å². The van der Waals surface area contributed by atoms with E-state index in [1.165, 1.54) is 5.56 Å². The van der Waals surface area contributed by atoms with E-state index in [0.717, 1.165) is 19.3 Å². The smallest absolute Gasteiger partial charge is 0.676 e. The zero-order valence-electron chi connectivity index (χ0n) is 11.3. The molecule has 0 amide bonds. The predicted molar refractivity (Wildman–Crippen MR) is 74.5 cm³/mol. The predicted octanol–water partition coefficient (Wildman–Crippen LogP) is 2.95. The quantitative estimate of drug-likeness (QED) is 0.609. The van der Waals surface area contributed by atoms with Crippen molar-refractivity contribution in [1.29, 1.82) is 0 Å². The summed E-state index contributed by atoms with van der Waals surface area (Å²) in [4.78, 5) is 18.2. The summed E-state index contributed by atoms with van der Waals surface area (Å²) in [7, 11) is 0. The van der Waals surface area contributed by atoms with Gasteiger partial charge in [0.05, 0.1) is 0 Å². The van der Waals surface area contributed by atoms with E-state index in [4.69, 9.17) is 31.3 Å². The second kappa shape index (κ2) is 9.66. The van der Waals surface area contributed by atoms with Gasteiger partial charge in [-0.05, 0) is 17.9 Å². The summed E-state index contributed by atoms with van der Waals surface area (Å²) in [6.07, 6.45) is 2.82. The second-order valence-corrected chi connectivity index (χ2v) is 4.74. The monoisotopic (exact) mass is 473 g/mol. The van der Waals surface area contributed by atoms with Crippen LogP contribution in [0.5, 0.6) is 0 Å². The van der Waals surface area contributed by atoms with E-state index < -0.39 is 11.9 Å². The topological polar surface area (TPSA) is 122 Å². The maximum absolute atomic E-state index is 9.10. The first-order valence-corrected chi connectivity index (χ1v) is 6.35. The molecule has 3 atom stereocenters. The molecule has 1 aromatic rings. The third kappa shape index (κ3) is 6.84. The van der Waals surface area contributed by atoms with Gasteiger partial charge in [0.15, 0.2) is 0 Å². The summed E-state index contributed by atoms with van der Waals surface area (Å²) >= 11 is 0. The number of hydrogen-bond donors (Lipinski definition) is 2. The number of nitrogens with one attached hydrogen (secondary N) is 2. The molecule has 2 rings (SSSR count). The Hall–Kier alpha value is -1.23. The molecule has 0 radical (unpaired) electrons. The maximum Gasteiger partial charge on any atom is 2.00 e. The van der Waals surface area contributed by atoms with Crippen molar-refractivity contribution in [2.24, 2.45) is 0 Å². The number of carboxylic acids is 2. The second-order valence-electron chi connectivity index (χ2n) is 4.74. The number of hydrogen-bond acceptors (Lipinski definition) is 2. The molecule has 1 saturated carbocycles. The van der Waals surface area contributed by atoms with Crippen molar-refractivity contribution in [2.45, 2.75) is 37.3 Å². The number of carbonyl (C=O) groups is 2. The molecule has 0 saturated heterocycles. The van der Waals surface area contributed by atoms with Crippen LogP contribution < -0.4 is 0 Å². The van der Waals surface area contributed by atoms with Crippen molar-refractivity contribution in [1.82, 2.24) is 0 Å². The molecule has 1 aliphatic rings. The van der Waals surface area contributed by atoms with E-state index >= 15 is 0 Å². The average Bonchev–Trinajstić information content (AvgIpc) is 2.43.